The Balaban J connectivity index is 1.53. The van der Waals surface area contributed by atoms with Crippen LogP contribution in [0.3, 0.4) is 0 Å². The molecule has 0 aliphatic carbocycles. The second-order valence-electron chi connectivity index (χ2n) is 10.7. The van der Waals surface area contributed by atoms with Crippen LogP contribution in [0.2, 0.25) is 0 Å². The van der Waals surface area contributed by atoms with Crippen molar-refractivity contribution < 1.29 is 24.3 Å². The minimum absolute atomic E-state index is 0.0438. The van der Waals surface area contributed by atoms with Gasteiger partial charge in [-0.1, -0.05) is 36.4 Å². The maximum absolute atomic E-state index is 13.6. The predicted octanol–water partition coefficient (Wildman–Crippen LogP) is 1.45. The summed E-state index contributed by atoms with van der Waals surface area (Å²) in [5.74, 6) is -2.95. The molecule has 4 atom stereocenters. The molecule has 0 saturated carbocycles. The number of rotatable bonds is 15. The Morgan fingerprint density at radius 3 is 1.77 bits per heavy atom. The van der Waals surface area contributed by atoms with E-state index in [2.05, 4.69) is 25.9 Å². The summed E-state index contributed by atoms with van der Waals surface area (Å²) >= 11 is 0. The molecule has 43 heavy (non-hydrogen) atoms. The standard InChI is InChI=1S/C31H39N7O5/c1-18(33)28(39)37-26(14-19-16-34-23-10-4-2-8-21(19)23)30(41)36-25(12-6-7-13-32)29(40)38-27(31(42)43)15-20-17-35-24-11-5-3-9-22(20)24/h2-5,8-11,16-18,25-27,34-35H,6-7,12-15,32-33H2,1H3,(H,36,41)(H,37,39)(H,38,40)(H,42,43). The third-order valence-corrected chi connectivity index (χ3v) is 7.44. The molecule has 0 radical (unpaired) electrons. The number of aromatic nitrogens is 2. The number of carboxylic acid groups (broad SMARTS) is 1. The number of carbonyl (C=O) groups excluding carboxylic acids is 3. The molecule has 4 rings (SSSR count). The Hall–Kier alpha value is -4.68. The molecule has 0 aliphatic heterocycles. The van der Waals surface area contributed by atoms with Crippen LogP contribution in [0.15, 0.2) is 60.9 Å². The molecule has 3 amide bonds. The van der Waals surface area contributed by atoms with E-state index in [1.54, 1.807) is 12.4 Å². The van der Waals surface area contributed by atoms with Crippen LogP contribution in [0.1, 0.15) is 37.3 Å². The van der Waals surface area contributed by atoms with Gasteiger partial charge in [-0.05, 0) is 56.0 Å². The third-order valence-electron chi connectivity index (χ3n) is 7.44. The number of aromatic amines is 2. The highest BCUT2D eigenvalue weighted by atomic mass is 16.4. The predicted molar refractivity (Wildman–Crippen MR) is 164 cm³/mol. The number of unbranched alkanes of at least 4 members (excludes halogenated alkanes) is 1. The molecule has 2 aromatic carbocycles. The fraction of sp³-hybridized carbons (Fsp3) is 0.355. The van der Waals surface area contributed by atoms with E-state index < -0.39 is 47.9 Å². The van der Waals surface area contributed by atoms with Crippen LogP contribution in [0.4, 0.5) is 0 Å². The lowest BCUT2D eigenvalue weighted by molar-refractivity contribution is -0.142. The minimum Gasteiger partial charge on any atom is -0.480 e. The van der Waals surface area contributed by atoms with Gasteiger partial charge in [0, 0.05) is 47.0 Å². The van der Waals surface area contributed by atoms with Gasteiger partial charge >= 0.3 is 5.97 Å². The zero-order valence-corrected chi connectivity index (χ0v) is 24.1. The van der Waals surface area contributed by atoms with Crippen LogP contribution in [0.25, 0.3) is 21.8 Å². The number of aliphatic carboxylic acids is 1. The van der Waals surface area contributed by atoms with E-state index in [1.165, 1.54) is 6.92 Å². The van der Waals surface area contributed by atoms with Crippen molar-refractivity contribution in [3.05, 3.63) is 72.1 Å². The molecule has 4 aromatic rings. The van der Waals surface area contributed by atoms with Crippen LogP contribution in [0.5, 0.6) is 0 Å². The van der Waals surface area contributed by atoms with Crippen molar-refractivity contribution >= 4 is 45.5 Å². The van der Waals surface area contributed by atoms with Crippen LogP contribution in [-0.2, 0) is 32.0 Å². The number of carboxylic acids is 1. The van der Waals surface area contributed by atoms with E-state index in [0.717, 1.165) is 32.9 Å². The number of amides is 3. The highest BCUT2D eigenvalue weighted by Crippen LogP contribution is 2.21. The van der Waals surface area contributed by atoms with Crippen molar-refractivity contribution in [2.24, 2.45) is 11.5 Å². The van der Waals surface area contributed by atoms with Gasteiger partial charge in [-0.15, -0.1) is 0 Å². The average molecular weight is 590 g/mol. The average Bonchev–Trinajstić information content (AvgIpc) is 3.59. The quantitative estimate of drug-likeness (QED) is 0.0956. The smallest absolute Gasteiger partial charge is 0.326 e. The van der Waals surface area contributed by atoms with Crippen LogP contribution >= 0.6 is 0 Å². The molecular weight excluding hydrogens is 550 g/mol. The number of nitrogens with two attached hydrogens (primary N) is 2. The molecular formula is C31H39N7O5. The zero-order valence-electron chi connectivity index (χ0n) is 24.1. The molecule has 0 spiro atoms. The lowest BCUT2D eigenvalue weighted by Crippen LogP contribution is -2.57. The molecule has 12 nitrogen and oxygen atoms in total. The highest BCUT2D eigenvalue weighted by Gasteiger charge is 2.30. The molecule has 12 heteroatoms. The van der Waals surface area contributed by atoms with Crippen molar-refractivity contribution in [2.75, 3.05) is 6.54 Å². The molecule has 2 heterocycles. The van der Waals surface area contributed by atoms with E-state index in [4.69, 9.17) is 11.5 Å². The van der Waals surface area contributed by atoms with Crippen molar-refractivity contribution in [1.29, 1.82) is 0 Å². The largest absolute Gasteiger partial charge is 0.480 e. The van der Waals surface area contributed by atoms with E-state index >= 15 is 0 Å². The van der Waals surface area contributed by atoms with E-state index in [9.17, 15) is 24.3 Å². The van der Waals surface area contributed by atoms with Gasteiger partial charge in [-0.2, -0.15) is 0 Å². The lowest BCUT2D eigenvalue weighted by atomic mass is 10.0. The maximum Gasteiger partial charge on any atom is 0.326 e. The minimum atomic E-state index is -1.24. The van der Waals surface area contributed by atoms with Crippen LogP contribution < -0.4 is 27.4 Å². The zero-order chi connectivity index (χ0) is 30.9. The number of benzene rings is 2. The van der Waals surface area contributed by atoms with Gasteiger partial charge in [0.1, 0.15) is 18.1 Å². The Kier molecular flexibility index (Phi) is 10.5. The lowest BCUT2D eigenvalue weighted by Gasteiger charge is -2.25. The summed E-state index contributed by atoms with van der Waals surface area (Å²) in [4.78, 5) is 58.1. The van der Waals surface area contributed by atoms with E-state index in [0.29, 0.717) is 19.4 Å². The Morgan fingerprint density at radius 2 is 1.23 bits per heavy atom. The molecule has 0 bridgehead atoms. The fourth-order valence-electron chi connectivity index (χ4n) is 5.06. The fourth-order valence-corrected chi connectivity index (χ4v) is 5.06. The van der Waals surface area contributed by atoms with Gasteiger partial charge in [0.15, 0.2) is 0 Å². The first kappa shape index (κ1) is 31.3. The van der Waals surface area contributed by atoms with E-state index in [1.807, 2.05) is 48.5 Å². The first-order chi connectivity index (χ1) is 20.7. The molecule has 0 saturated heterocycles. The number of H-pyrrole nitrogens is 2. The summed E-state index contributed by atoms with van der Waals surface area (Å²) in [6, 6.07) is 10.9. The number of carbonyl (C=O) groups is 4. The Labute approximate surface area is 249 Å². The van der Waals surface area contributed by atoms with Crippen LogP contribution in [0, 0.1) is 0 Å². The van der Waals surface area contributed by atoms with Gasteiger partial charge in [0.05, 0.1) is 6.04 Å². The van der Waals surface area contributed by atoms with Gasteiger partial charge in [0.2, 0.25) is 17.7 Å². The van der Waals surface area contributed by atoms with Crippen molar-refractivity contribution in [2.45, 2.75) is 63.2 Å². The summed E-state index contributed by atoms with van der Waals surface area (Å²) in [7, 11) is 0. The summed E-state index contributed by atoms with van der Waals surface area (Å²) < 4.78 is 0. The highest BCUT2D eigenvalue weighted by molar-refractivity contribution is 5.95. The summed E-state index contributed by atoms with van der Waals surface area (Å²) in [6.07, 6.45) is 5.05. The molecule has 4 unspecified atom stereocenters. The normalized spacial score (nSPS) is 14.1. The summed E-state index contributed by atoms with van der Waals surface area (Å²) in [5, 5.41) is 19.8. The molecule has 228 valence electrons. The first-order valence-corrected chi connectivity index (χ1v) is 14.4. The number of para-hydroxylation sites is 2. The SMILES string of the molecule is CC(N)C(=O)NC(Cc1c[nH]c2ccccc12)C(=O)NC(CCCCN)C(=O)NC(Cc1c[nH]c2ccccc12)C(=O)O. The Bertz CT molecular complexity index is 1580. The summed E-state index contributed by atoms with van der Waals surface area (Å²) in [6.45, 7) is 1.91. The van der Waals surface area contributed by atoms with Gasteiger partial charge in [-0.3, -0.25) is 14.4 Å². The van der Waals surface area contributed by atoms with Crippen LogP contribution in [-0.4, -0.2) is 69.5 Å². The van der Waals surface area contributed by atoms with Gasteiger partial charge in [0.25, 0.3) is 0 Å². The van der Waals surface area contributed by atoms with Crippen molar-refractivity contribution in [1.82, 2.24) is 25.9 Å². The maximum atomic E-state index is 13.6. The molecule has 10 N–H and O–H groups in total. The summed E-state index contributed by atoms with van der Waals surface area (Å²) in [5.41, 5.74) is 14.7. The topological polar surface area (TPSA) is 208 Å². The second-order valence-corrected chi connectivity index (χ2v) is 10.7. The second kappa shape index (κ2) is 14.5. The monoisotopic (exact) mass is 589 g/mol. The molecule has 2 aromatic heterocycles. The molecule has 0 fully saturated rings. The number of hydrogen-bond acceptors (Lipinski definition) is 6. The van der Waals surface area contributed by atoms with Gasteiger partial charge < -0.3 is 42.5 Å². The Morgan fingerprint density at radius 1 is 0.744 bits per heavy atom. The third kappa shape index (κ3) is 7.99. The number of nitrogens with one attached hydrogen (secondary N) is 5. The molecule has 0 aliphatic rings. The van der Waals surface area contributed by atoms with Gasteiger partial charge in [-0.25, -0.2) is 4.79 Å². The van der Waals surface area contributed by atoms with Crippen molar-refractivity contribution in [3.63, 3.8) is 0 Å². The van der Waals surface area contributed by atoms with E-state index in [-0.39, 0.29) is 19.3 Å². The number of hydrogen-bond donors (Lipinski definition) is 8. The number of fused-ring (bicyclic) bond motifs is 2. The first-order valence-electron chi connectivity index (χ1n) is 14.4. The van der Waals surface area contributed by atoms with Crippen molar-refractivity contribution in [3.8, 4) is 0 Å².